The van der Waals surface area contributed by atoms with Crippen molar-refractivity contribution in [2.24, 2.45) is 0 Å². The van der Waals surface area contributed by atoms with Gasteiger partial charge in [-0.25, -0.2) is 17.5 Å². The molecule has 2 aromatic rings. The molecule has 1 aliphatic heterocycles. The number of rotatable bonds is 4. The zero-order chi connectivity index (χ0) is 18.9. The highest BCUT2D eigenvalue weighted by molar-refractivity contribution is 7.93. The number of hydrogen-bond acceptors (Lipinski definition) is 5. The van der Waals surface area contributed by atoms with E-state index < -0.39 is 27.8 Å². The van der Waals surface area contributed by atoms with Crippen molar-refractivity contribution in [3.05, 3.63) is 59.7 Å². The maximum absolute atomic E-state index is 13.3. The van der Waals surface area contributed by atoms with Gasteiger partial charge in [0.1, 0.15) is 0 Å². The molecule has 0 radical (unpaired) electrons. The summed E-state index contributed by atoms with van der Waals surface area (Å²) in [7, 11) is -2.96. The van der Waals surface area contributed by atoms with Crippen molar-refractivity contribution in [2.75, 3.05) is 11.4 Å². The summed E-state index contributed by atoms with van der Waals surface area (Å²) in [4.78, 5) is 25.2. The van der Waals surface area contributed by atoms with Crippen LogP contribution in [0.15, 0.2) is 53.4 Å². The standard InChI is InChI=1S/C19H19NO5S/c1-3-8-13-9-4-6-11-15(13)20-17(19(22)25-2)18(21)14-10-5-7-12-16(14)26(20,23)24/h4-7,9-12,17H,3,8H2,1-2H3. The highest BCUT2D eigenvalue weighted by atomic mass is 32.2. The van der Waals surface area contributed by atoms with Gasteiger partial charge in [0, 0.05) is 5.56 Å². The molecule has 0 amide bonds. The molecule has 1 unspecified atom stereocenters. The predicted octanol–water partition coefficient (Wildman–Crippen LogP) is 2.57. The molecule has 7 heteroatoms. The van der Waals surface area contributed by atoms with Crippen molar-refractivity contribution in [1.82, 2.24) is 0 Å². The van der Waals surface area contributed by atoms with Gasteiger partial charge in [-0.1, -0.05) is 43.7 Å². The lowest BCUT2D eigenvalue weighted by atomic mass is 10.0. The van der Waals surface area contributed by atoms with Crippen molar-refractivity contribution in [3.8, 4) is 0 Å². The number of anilines is 1. The second-order valence-electron chi connectivity index (χ2n) is 5.97. The minimum Gasteiger partial charge on any atom is -0.467 e. The number of sulfonamides is 1. The summed E-state index contributed by atoms with van der Waals surface area (Å²) in [5, 5.41) is 0. The van der Waals surface area contributed by atoms with Crippen LogP contribution in [0, 0.1) is 0 Å². The number of carbonyl (C=O) groups is 2. The molecule has 0 aliphatic carbocycles. The first kappa shape index (κ1) is 18.1. The Labute approximate surface area is 152 Å². The van der Waals surface area contributed by atoms with Crippen LogP contribution >= 0.6 is 0 Å². The smallest absolute Gasteiger partial charge is 0.337 e. The third-order valence-electron chi connectivity index (χ3n) is 4.35. The quantitative estimate of drug-likeness (QED) is 0.608. The highest BCUT2D eigenvalue weighted by Gasteiger charge is 2.48. The molecule has 2 aromatic carbocycles. The molecule has 1 aliphatic rings. The topological polar surface area (TPSA) is 80.8 Å². The third-order valence-corrected chi connectivity index (χ3v) is 6.18. The predicted molar refractivity (Wildman–Crippen MR) is 96.7 cm³/mol. The van der Waals surface area contributed by atoms with E-state index in [0.717, 1.165) is 23.4 Å². The Morgan fingerprint density at radius 3 is 2.46 bits per heavy atom. The molecule has 0 saturated carbocycles. The number of methoxy groups -OCH3 is 1. The number of aryl methyl sites for hydroxylation is 1. The van der Waals surface area contributed by atoms with E-state index in [4.69, 9.17) is 4.74 Å². The first-order valence-electron chi connectivity index (χ1n) is 8.27. The number of para-hydroxylation sites is 1. The van der Waals surface area contributed by atoms with Crippen LogP contribution < -0.4 is 4.31 Å². The first-order chi connectivity index (χ1) is 12.4. The summed E-state index contributed by atoms with van der Waals surface area (Å²) in [6, 6.07) is 11.2. The van der Waals surface area contributed by atoms with Gasteiger partial charge in [-0.3, -0.25) is 4.79 Å². The van der Waals surface area contributed by atoms with Gasteiger partial charge in [-0.15, -0.1) is 0 Å². The van der Waals surface area contributed by atoms with E-state index in [2.05, 4.69) is 0 Å². The molecule has 1 atom stereocenters. The first-order valence-corrected chi connectivity index (χ1v) is 9.71. The van der Waals surface area contributed by atoms with Gasteiger partial charge in [-0.05, 0) is 30.2 Å². The number of nitrogens with zero attached hydrogens (tertiary/aromatic N) is 1. The highest BCUT2D eigenvalue weighted by Crippen LogP contribution is 2.36. The summed E-state index contributed by atoms with van der Waals surface area (Å²) in [5.74, 6) is -1.49. The summed E-state index contributed by atoms with van der Waals surface area (Å²) in [6.45, 7) is 1.97. The lowest BCUT2D eigenvalue weighted by Gasteiger charge is -2.35. The minimum atomic E-state index is -4.10. The number of esters is 1. The van der Waals surface area contributed by atoms with E-state index in [1.165, 1.54) is 12.1 Å². The van der Waals surface area contributed by atoms with Gasteiger partial charge < -0.3 is 4.74 Å². The van der Waals surface area contributed by atoms with Crippen LogP contribution in [0.4, 0.5) is 5.69 Å². The molecule has 0 fully saturated rings. The van der Waals surface area contributed by atoms with Crippen LogP contribution in [0.2, 0.25) is 0 Å². The lowest BCUT2D eigenvalue weighted by molar-refractivity contribution is -0.140. The fraction of sp³-hybridized carbons (Fsp3) is 0.263. The van der Waals surface area contributed by atoms with Gasteiger partial charge in [-0.2, -0.15) is 0 Å². The molecule has 0 bridgehead atoms. The lowest BCUT2D eigenvalue weighted by Crippen LogP contribution is -2.54. The number of benzene rings is 2. The summed E-state index contributed by atoms with van der Waals surface area (Å²) in [5.41, 5.74) is 1.08. The Bertz CT molecular complexity index is 967. The molecule has 0 spiro atoms. The van der Waals surface area contributed by atoms with E-state index in [1.807, 2.05) is 6.92 Å². The molecular weight excluding hydrogens is 354 g/mol. The molecule has 6 nitrogen and oxygen atoms in total. The Morgan fingerprint density at radius 1 is 1.12 bits per heavy atom. The third kappa shape index (κ3) is 2.78. The fourth-order valence-electron chi connectivity index (χ4n) is 3.18. The minimum absolute atomic E-state index is 0.00660. The number of ketones is 1. The Balaban J connectivity index is 2.31. The number of fused-ring (bicyclic) bond motifs is 1. The molecule has 1 heterocycles. The Morgan fingerprint density at radius 2 is 1.77 bits per heavy atom. The summed E-state index contributed by atoms with van der Waals surface area (Å²) >= 11 is 0. The summed E-state index contributed by atoms with van der Waals surface area (Å²) < 4.78 is 32.3. The van der Waals surface area contributed by atoms with Crippen molar-refractivity contribution in [1.29, 1.82) is 0 Å². The molecule has 0 aromatic heterocycles. The van der Waals surface area contributed by atoms with E-state index in [1.54, 1.807) is 36.4 Å². The van der Waals surface area contributed by atoms with Crippen LogP contribution in [0.25, 0.3) is 0 Å². The van der Waals surface area contributed by atoms with Gasteiger partial charge in [0.05, 0.1) is 17.7 Å². The van der Waals surface area contributed by atoms with Crippen molar-refractivity contribution in [3.63, 3.8) is 0 Å². The van der Waals surface area contributed by atoms with E-state index in [0.29, 0.717) is 12.1 Å². The number of ether oxygens (including phenoxy) is 1. The maximum Gasteiger partial charge on any atom is 0.337 e. The van der Waals surface area contributed by atoms with E-state index >= 15 is 0 Å². The monoisotopic (exact) mass is 373 g/mol. The Hall–Kier alpha value is -2.67. The molecule has 136 valence electrons. The molecule has 26 heavy (non-hydrogen) atoms. The molecule has 0 N–H and O–H groups in total. The van der Waals surface area contributed by atoms with Gasteiger partial charge in [0.25, 0.3) is 10.0 Å². The molecule has 0 saturated heterocycles. The number of carbonyl (C=O) groups excluding carboxylic acids is 2. The van der Waals surface area contributed by atoms with Crippen molar-refractivity contribution in [2.45, 2.75) is 30.7 Å². The van der Waals surface area contributed by atoms with Crippen LogP contribution in [-0.4, -0.2) is 33.3 Å². The normalized spacial score (nSPS) is 18.3. The van der Waals surface area contributed by atoms with Gasteiger partial charge in [0.15, 0.2) is 5.78 Å². The number of hydrogen-bond donors (Lipinski definition) is 0. The van der Waals surface area contributed by atoms with Crippen LogP contribution in [-0.2, 0) is 26.0 Å². The fourth-order valence-corrected chi connectivity index (χ4v) is 4.99. The van der Waals surface area contributed by atoms with Crippen LogP contribution in [0.1, 0.15) is 29.3 Å². The largest absolute Gasteiger partial charge is 0.467 e. The van der Waals surface area contributed by atoms with Crippen molar-refractivity contribution >= 4 is 27.5 Å². The second-order valence-corrected chi connectivity index (χ2v) is 7.75. The SMILES string of the molecule is CCCc1ccccc1N1C(C(=O)OC)C(=O)c2ccccc2S1(=O)=O. The van der Waals surface area contributed by atoms with Gasteiger partial charge in [0.2, 0.25) is 6.04 Å². The van der Waals surface area contributed by atoms with Crippen molar-refractivity contribution < 1.29 is 22.7 Å². The average molecular weight is 373 g/mol. The molecule has 3 rings (SSSR count). The summed E-state index contributed by atoms with van der Waals surface area (Å²) in [6.07, 6.45) is 1.41. The zero-order valence-corrected chi connectivity index (χ0v) is 15.3. The van der Waals surface area contributed by atoms with E-state index in [-0.39, 0.29) is 10.5 Å². The molecular formula is C19H19NO5S. The number of Topliss-reactive ketones (excluding diaryl/α,β-unsaturated/α-hetero) is 1. The second kappa shape index (κ2) is 6.92. The zero-order valence-electron chi connectivity index (χ0n) is 14.5. The Kier molecular flexibility index (Phi) is 4.82. The maximum atomic E-state index is 13.3. The average Bonchev–Trinajstić information content (AvgIpc) is 2.65. The van der Waals surface area contributed by atoms with Gasteiger partial charge >= 0.3 is 5.97 Å². The van der Waals surface area contributed by atoms with E-state index in [9.17, 15) is 18.0 Å². The van der Waals surface area contributed by atoms with Crippen LogP contribution in [0.5, 0.6) is 0 Å². The van der Waals surface area contributed by atoms with Crippen LogP contribution in [0.3, 0.4) is 0 Å².